The smallest absolute Gasteiger partial charge is 0.550 e. The van der Waals surface area contributed by atoms with Gasteiger partial charge in [-0.05, 0) is 75.0 Å². The minimum absolute atomic E-state index is 0. The molecule has 9 heteroatoms. The summed E-state index contributed by atoms with van der Waals surface area (Å²) in [5.74, 6) is -3.95. The zero-order valence-corrected chi connectivity index (χ0v) is 23.0. The molecular weight excluding hydrogens is 595 g/mol. The summed E-state index contributed by atoms with van der Waals surface area (Å²) < 4.78 is 0. The van der Waals surface area contributed by atoms with Crippen LogP contribution < -0.4 is 20.4 Å². The number of hydrogen-bond acceptors (Lipinski definition) is 8. The summed E-state index contributed by atoms with van der Waals surface area (Å²) in [5.41, 5.74) is 0. The number of rotatable bonds is 4. The van der Waals surface area contributed by atoms with Crippen LogP contribution in [0.1, 0.15) is 103 Å². The summed E-state index contributed by atoms with van der Waals surface area (Å²) >= 11 is 0. The van der Waals surface area contributed by atoms with Crippen LogP contribution in [-0.2, 0) is 45.0 Å². The average Bonchev–Trinajstić information content (AvgIpc) is 3.56. The van der Waals surface area contributed by atoms with Crippen LogP contribution in [0.4, 0.5) is 0 Å². The van der Waals surface area contributed by atoms with Crippen molar-refractivity contribution in [3.8, 4) is 0 Å². The first-order chi connectivity index (χ1) is 15.2. The van der Waals surface area contributed by atoms with Crippen molar-refractivity contribution in [1.29, 1.82) is 0 Å². The minimum atomic E-state index is -0.859. The van der Waals surface area contributed by atoms with Crippen molar-refractivity contribution in [3.05, 3.63) is 0 Å². The molecule has 4 rings (SSSR count). The van der Waals surface area contributed by atoms with Crippen LogP contribution in [0.3, 0.4) is 0 Å². The van der Waals surface area contributed by atoms with Crippen LogP contribution in [0.2, 0.25) is 0 Å². The molecule has 8 nitrogen and oxygen atoms in total. The fraction of sp³-hybridized carbons (Fsp3) is 0.833. The van der Waals surface area contributed by atoms with Gasteiger partial charge in [-0.3, -0.25) is 0 Å². The van der Waals surface area contributed by atoms with E-state index in [1.54, 1.807) is 0 Å². The van der Waals surface area contributed by atoms with Gasteiger partial charge in [-0.15, -0.1) is 0 Å². The standard InChI is InChI=1S/4C6H10O2.Hf/c4*7-6(8)5-3-1-2-4-5;/h4*5H,1-4H2,(H,7,8);/q;;;;+4/p-4. The number of carbonyl (C=O) groups excluding carboxylic acids is 4. The molecule has 0 heterocycles. The van der Waals surface area contributed by atoms with E-state index in [1.807, 2.05) is 0 Å². The van der Waals surface area contributed by atoms with Gasteiger partial charge >= 0.3 is 25.8 Å². The quantitative estimate of drug-likeness (QED) is 0.383. The average molecular weight is 631 g/mol. The molecule has 0 aromatic rings. The maximum absolute atomic E-state index is 10.1. The van der Waals surface area contributed by atoms with Gasteiger partial charge in [-0.2, -0.15) is 0 Å². The van der Waals surface area contributed by atoms with E-state index in [0.29, 0.717) is 0 Å². The molecule has 0 aromatic carbocycles. The summed E-state index contributed by atoms with van der Waals surface area (Å²) in [7, 11) is 0. The number of carbonyl (C=O) groups is 4. The van der Waals surface area contributed by atoms with Gasteiger partial charge in [0, 0.05) is 23.9 Å². The van der Waals surface area contributed by atoms with Crippen LogP contribution in [0, 0.1) is 23.7 Å². The summed E-state index contributed by atoms with van der Waals surface area (Å²) in [6.07, 6.45) is 15.2. The third-order valence-electron chi connectivity index (χ3n) is 6.75. The predicted octanol–water partition coefficient (Wildman–Crippen LogP) is -0.296. The Morgan fingerprint density at radius 3 is 0.545 bits per heavy atom. The van der Waals surface area contributed by atoms with Crippen molar-refractivity contribution in [3.63, 3.8) is 0 Å². The summed E-state index contributed by atoms with van der Waals surface area (Å²) in [6.45, 7) is 0. The number of carboxylic acids is 4. The van der Waals surface area contributed by atoms with Gasteiger partial charge in [0.25, 0.3) is 0 Å². The Hall–Kier alpha value is -1.25. The molecule has 4 aliphatic rings. The van der Waals surface area contributed by atoms with Crippen molar-refractivity contribution < 1.29 is 65.4 Å². The van der Waals surface area contributed by atoms with E-state index in [1.165, 1.54) is 0 Å². The molecule has 0 saturated heterocycles. The Morgan fingerprint density at radius 2 is 0.485 bits per heavy atom. The van der Waals surface area contributed by atoms with Gasteiger partial charge < -0.3 is 39.6 Å². The molecule has 0 radical (unpaired) electrons. The Morgan fingerprint density at radius 1 is 0.364 bits per heavy atom. The molecule has 33 heavy (non-hydrogen) atoms. The van der Waals surface area contributed by atoms with Gasteiger partial charge in [0.2, 0.25) is 0 Å². The third kappa shape index (κ3) is 13.9. The molecule has 0 unspecified atom stereocenters. The predicted molar refractivity (Wildman–Crippen MR) is 108 cm³/mol. The number of aliphatic carboxylic acids is 4. The Bertz CT molecular complexity index is 481. The summed E-state index contributed by atoms with van der Waals surface area (Å²) in [6, 6.07) is 0. The Balaban J connectivity index is 0.000000410. The molecule has 0 bridgehead atoms. The maximum Gasteiger partial charge on any atom is 4.00 e. The van der Waals surface area contributed by atoms with Crippen molar-refractivity contribution >= 4 is 23.9 Å². The molecule has 4 aliphatic carbocycles. The summed E-state index contributed by atoms with van der Waals surface area (Å²) in [5, 5.41) is 40.4. The van der Waals surface area contributed by atoms with Crippen LogP contribution in [0.25, 0.3) is 0 Å². The van der Waals surface area contributed by atoms with Crippen LogP contribution in [-0.4, -0.2) is 23.9 Å². The van der Waals surface area contributed by atoms with Crippen molar-refractivity contribution in [2.45, 2.75) is 103 Å². The van der Waals surface area contributed by atoms with E-state index in [2.05, 4.69) is 0 Å². The van der Waals surface area contributed by atoms with E-state index in [4.69, 9.17) is 0 Å². The molecule has 184 valence electrons. The number of hydrogen-bond donors (Lipinski definition) is 0. The first kappa shape index (κ1) is 31.8. The molecule has 0 spiro atoms. The molecular formula is C24H36HfO8. The zero-order valence-electron chi connectivity index (χ0n) is 19.4. The summed E-state index contributed by atoms with van der Waals surface area (Å²) in [4.78, 5) is 40.4. The van der Waals surface area contributed by atoms with Crippen LogP contribution >= 0.6 is 0 Å². The van der Waals surface area contributed by atoms with Gasteiger partial charge in [-0.25, -0.2) is 0 Å². The first-order valence-electron chi connectivity index (χ1n) is 12.1. The van der Waals surface area contributed by atoms with Gasteiger partial charge in [-0.1, -0.05) is 51.4 Å². The van der Waals surface area contributed by atoms with E-state index in [0.717, 1.165) is 103 Å². The molecule has 0 atom stereocenters. The SMILES string of the molecule is O=C([O-])C1CCCC1.O=C([O-])C1CCCC1.O=C([O-])C1CCCC1.O=C([O-])C1CCCC1.[Hf+4]. The molecule has 4 fully saturated rings. The maximum atomic E-state index is 10.1. The second-order valence-electron chi connectivity index (χ2n) is 9.20. The Kier molecular flexibility index (Phi) is 17.4. The van der Waals surface area contributed by atoms with Crippen LogP contribution in [0.5, 0.6) is 0 Å². The van der Waals surface area contributed by atoms with Crippen molar-refractivity contribution in [1.82, 2.24) is 0 Å². The van der Waals surface area contributed by atoms with Crippen molar-refractivity contribution in [2.24, 2.45) is 23.7 Å². The van der Waals surface area contributed by atoms with Gasteiger partial charge in [0.1, 0.15) is 0 Å². The second-order valence-corrected chi connectivity index (χ2v) is 9.20. The third-order valence-corrected chi connectivity index (χ3v) is 6.75. The van der Waals surface area contributed by atoms with Crippen molar-refractivity contribution in [2.75, 3.05) is 0 Å². The number of carboxylic acid groups (broad SMARTS) is 4. The van der Waals surface area contributed by atoms with Crippen LogP contribution in [0.15, 0.2) is 0 Å². The van der Waals surface area contributed by atoms with E-state index in [9.17, 15) is 39.6 Å². The molecule has 0 N–H and O–H groups in total. The van der Waals surface area contributed by atoms with E-state index < -0.39 is 23.9 Å². The topological polar surface area (TPSA) is 161 Å². The molecule has 4 saturated carbocycles. The fourth-order valence-electron chi connectivity index (χ4n) is 4.65. The van der Waals surface area contributed by atoms with Gasteiger partial charge in [0.15, 0.2) is 0 Å². The van der Waals surface area contributed by atoms with E-state index >= 15 is 0 Å². The van der Waals surface area contributed by atoms with E-state index in [-0.39, 0.29) is 49.5 Å². The largest absolute Gasteiger partial charge is 4.00 e. The zero-order chi connectivity index (χ0) is 23.9. The molecule has 0 amide bonds. The second kappa shape index (κ2) is 18.1. The monoisotopic (exact) mass is 632 g/mol. The normalized spacial score (nSPS) is 20.8. The Labute approximate surface area is 215 Å². The fourth-order valence-corrected chi connectivity index (χ4v) is 4.65. The first-order valence-corrected chi connectivity index (χ1v) is 12.1. The molecule has 0 aromatic heterocycles. The van der Waals surface area contributed by atoms with Gasteiger partial charge in [0.05, 0.1) is 0 Å². The molecule has 0 aliphatic heterocycles. The minimum Gasteiger partial charge on any atom is -0.550 e.